The number of amides is 2. The van der Waals surface area contributed by atoms with E-state index in [9.17, 15) is 19.7 Å². The van der Waals surface area contributed by atoms with E-state index in [2.05, 4.69) is 5.32 Å². The van der Waals surface area contributed by atoms with Gasteiger partial charge in [-0.15, -0.1) is 0 Å². The second kappa shape index (κ2) is 7.07. The van der Waals surface area contributed by atoms with E-state index in [0.717, 1.165) is 31.2 Å². The molecule has 2 amide bonds. The van der Waals surface area contributed by atoms with Crippen molar-refractivity contribution in [3.63, 3.8) is 0 Å². The quantitative estimate of drug-likeness (QED) is 0.502. The van der Waals surface area contributed by atoms with E-state index >= 15 is 0 Å². The van der Waals surface area contributed by atoms with Crippen LogP contribution in [0, 0.1) is 16.0 Å². The van der Waals surface area contributed by atoms with E-state index in [-0.39, 0.29) is 11.4 Å². The molecule has 0 spiro atoms. The number of carbonyl (C=O) groups is 2. The molecule has 1 saturated heterocycles. The predicted molar refractivity (Wildman–Crippen MR) is 104 cm³/mol. The van der Waals surface area contributed by atoms with Crippen LogP contribution in [0.25, 0.3) is 0 Å². The Morgan fingerprint density at radius 1 is 1.11 bits per heavy atom. The summed E-state index contributed by atoms with van der Waals surface area (Å²) in [6.45, 7) is 0.566. The second-order valence-electron chi connectivity index (χ2n) is 7.41. The van der Waals surface area contributed by atoms with Gasteiger partial charge in [-0.1, -0.05) is 49.2 Å². The fourth-order valence-corrected chi connectivity index (χ4v) is 4.63. The number of fused-ring (bicyclic) bond motifs is 1. The Morgan fingerprint density at radius 2 is 1.89 bits per heavy atom. The minimum absolute atomic E-state index is 0.137. The summed E-state index contributed by atoms with van der Waals surface area (Å²) < 4.78 is 0. The number of nitro benzene ring substituents is 1. The lowest BCUT2D eigenvalue weighted by Gasteiger charge is -2.61. The van der Waals surface area contributed by atoms with Crippen LogP contribution >= 0.6 is 0 Å². The van der Waals surface area contributed by atoms with Crippen LogP contribution in [0.2, 0.25) is 0 Å². The number of nitrogens with zero attached hydrogens (tertiary/aromatic N) is 2. The topological polar surface area (TPSA) is 92.5 Å². The molecule has 0 aromatic heterocycles. The van der Waals surface area contributed by atoms with Gasteiger partial charge in [-0.25, -0.2) is 0 Å². The third-order valence-electron chi connectivity index (χ3n) is 5.95. The molecule has 2 fully saturated rings. The molecule has 2 aromatic rings. The van der Waals surface area contributed by atoms with Crippen LogP contribution in [-0.4, -0.2) is 28.2 Å². The Bertz CT molecular complexity index is 930. The van der Waals surface area contributed by atoms with Crippen LogP contribution in [0.3, 0.4) is 0 Å². The molecule has 0 bridgehead atoms. The van der Waals surface area contributed by atoms with E-state index < -0.39 is 22.3 Å². The highest BCUT2D eigenvalue weighted by molar-refractivity contribution is 6.39. The van der Waals surface area contributed by atoms with Crippen molar-refractivity contribution in [2.24, 2.45) is 5.92 Å². The van der Waals surface area contributed by atoms with Crippen molar-refractivity contribution in [3.05, 3.63) is 70.3 Å². The molecule has 1 heterocycles. The van der Waals surface area contributed by atoms with Gasteiger partial charge in [0.25, 0.3) is 5.69 Å². The van der Waals surface area contributed by atoms with E-state index in [0.29, 0.717) is 12.5 Å². The monoisotopic (exact) mass is 379 g/mol. The van der Waals surface area contributed by atoms with Gasteiger partial charge in [0.2, 0.25) is 0 Å². The summed E-state index contributed by atoms with van der Waals surface area (Å²) in [5.74, 6) is -0.994. The van der Waals surface area contributed by atoms with Crippen molar-refractivity contribution >= 4 is 23.2 Å². The minimum atomic E-state index is -0.764. The number of anilines is 1. The number of hydrogen-bond donors (Lipinski definition) is 1. The molecule has 1 aliphatic carbocycles. The average Bonchev–Trinajstić information content (AvgIpc) is 2.69. The highest BCUT2D eigenvalue weighted by Gasteiger charge is 2.57. The lowest BCUT2D eigenvalue weighted by Crippen LogP contribution is -2.69. The highest BCUT2D eigenvalue weighted by Crippen LogP contribution is 2.53. The Labute approximate surface area is 162 Å². The van der Waals surface area contributed by atoms with Crippen LogP contribution in [0.15, 0.2) is 54.6 Å². The molecule has 7 nitrogen and oxygen atoms in total. The van der Waals surface area contributed by atoms with Crippen LogP contribution < -0.4 is 5.32 Å². The Kier molecular flexibility index (Phi) is 4.58. The molecule has 2 aromatic carbocycles. The van der Waals surface area contributed by atoms with Gasteiger partial charge in [-0.3, -0.25) is 19.7 Å². The maximum Gasteiger partial charge on any atom is 0.313 e. The SMILES string of the molecule is O=C(Nc1cccc([N+](=O)[O-])c1)C(=O)N1C[C@H]2CCCC[C@]21c1ccccc1. The molecule has 144 valence electrons. The zero-order chi connectivity index (χ0) is 19.7. The van der Waals surface area contributed by atoms with Crippen molar-refractivity contribution in [2.75, 3.05) is 11.9 Å². The first-order chi connectivity index (χ1) is 13.5. The molecule has 4 rings (SSSR count). The first-order valence-electron chi connectivity index (χ1n) is 9.45. The zero-order valence-electron chi connectivity index (χ0n) is 15.3. The van der Waals surface area contributed by atoms with Crippen molar-refractivity contribution in [3.8, 4) is 0 Å². The van der Waals surface area contributed by atoms with Crippen molar-refractivity contribution in [2.45, 2.75) is 31.2 Å². The summed E-state index contributed by atoms with van der Waals surface area (Å²) in [5.41, 5.74) is 0.753. The second-order valence-corrected chi connectivity index (χ2v) is 7.41. The molecule has 1 saturated carbocycles. The fourth-order valence-electron chi connectivity index (χ4n) is 4.63. The third-order valence-corrected chi connectivity index (χ3v) is 5.95. The number of hydrogen-bond acceptors (Lipinski definition) is 4. The number of nitrogens with one attached hydrogen (secondary N) is 1. The fraction of sp³-hybridized carbons (Fsp3) is 0.333. The van der Waals surface area contributed by atoms with Crippen LogP contribution in [0.5, 0.6) is 0 Å². The van der Waals surface area contributed by atoms with Gasteiger partial charge in [0.05, 0.1) is 10.5 Å². The van der Waals surface area contributed by atoms with Gasteiger partial charge in [0.15, 0.2) is 0 Å². The summed E-state index contributed by atoms with van der Waals surface area (Å²) in [6.07, 6.45) is 4.05. The number of likely N-dealkylation sites (tertiary alicyclic amines) is 1. The van der Waals surface area contributed by atoms with E-state index in [1.54, 1.807) is 4.90 Å². The molecule has 1 N–H and O–H groups in total. The average molecular weight is 379 g/mol. The van der Waals surface area contributed by atoms with E-state index in [1.807, 2.05) is 30.3 Å². The lowest BCUT2D eigenvalue weighted by atomic mass is 9.61. The maximum atomic E-state index is 13.0. The van der Waals surface area contributed by atoms with Crippen molar-refractivity contribution < 1.29 is 14.5 Å². The molecule has 0 radical (unpaired) electrons. The molecule has 2 atom stereocenters. The summed E-state index contributed by atoms with van der Waals surface area (Å²) in [5, 5.41) is 13.4. The standard InChI is InChI=1S/C21H21N3O4/c25-19(22-17-10-6-11-18(13-17)24(27)28)20(26)23-14-16-9-4-5-12-21(16,23)15-7-2-1-3-8-15/h1-3,6-8,10-11,13,16H,4-5,9,12,14H2,(H,22,25)/t16-,21+/m1/s1. The summed E-state index contributed by atoms with van der Waals surface area (Å²) in [6, 6.07) is 15.5. The third kappa shape index (κ3) is 2.93. The van der Waals surface area contributed by atoms with Gasteiger partial charge in [-0.05, 0) is 24.5 Å². The minimum Gasteiger partial charge on any atom is -0.324 e. The van der Waals surface area contributed by atoms with Gasteiger partial charge in [0.1, 0.15) is 0 Å². The number of non-ortho nitro benzene ring substituents is 1. The Hall–Kier alpha value is -3.22. The van der Waals surface area contributed by atoms with Gasteiger partial charge in [-0.2, -0.15) is 0 Å². The number of rotatable bonds is 3. The normalized spacial score (nSPS) is 23.3. The van der Waals surface area contributed by atoms with Gasteiger partial charge in [0, 0.05) is 30.3 Å². The van der Waals surface area contributed by atoms with E-state index in [1.165, 1.54) is 24.3 Å². The Morgan fingerprint density at radius 3 is 2.61 bits per heavy atom. The number of nitro groups is 1. The van der Waals surface area contributed by atoms with Crippen LogP contribution in [0.1, 0.15) is 31.2 Å². The molecule has 0 unspecified atom stereocenters. The molecule has 1 aliphatic heterocycles. The summed E-state index contributed by atoms with van der Waals surface area (Å²) in [4.78, 5) is 37.6. The van der Waals surface area contributed by atoms with Gasteiger partial charge >= 0.3 is 11.8 Å². The summed E-state index contributed by atoms with van der Waals surface area (Å²) in [7, 11) is 0. The smallest absolute Gasteiger partial charge is 0.313 e. The van der Waals surface area contributed by atoms with Crippen LogP contribution in [0.4, 0.5) is 11.4 Å². The van der Waals surface area contributed by atoms with Gasteiger partial charge < -0.3 is 10.2 Å². The maximum absolute atomic E-state index is 13.0. The molecular formula is C21H21N3O4. The highest BCUT2D eigenvalue weighted by atomic mass is 16.6. The summed E-state index contributed by atoms with van der Waals surface area (Å²) >= 11 is 0. The lowest BCUT2D eigenvalue weighted by molar-refractivity contribution is -0.384. The molecule has 2 aliphatic rings. The molecular weight excluding hydrogens is 358 g/mol. The largest absolute Gasteiger partial charge is 0.324 e. The van der Waals surface area contributed by atoms with Crippen molar-refractivity contribution in [1.82, 2.24) is 4.90 Å². The van der Waals surface area contributed by atoms with E-state index in [4.69, 9.17) is 0 Å². The first-order valence-corrected chi connectivity index (χ1v) is 9.45. The number of carbonyl (C=O) groups excluding carboxylic acids is 2. The molecule has 7 heteroatoms. The number of benzene rings is 2. The zero-order valence-corrected chi connectivity index (χ0v) is 15.3. The van der Waals surface area contributed by atoms with Crippen LogP contribution in [-0.2, 0) is 15.1 Å². The Balaban J connectivity index is 1.56. The molecule has 28 heavy (non-hydrogen) atoms. The van der Waals surface area contributed by atoms with Crippen molar-refractivity contribution in [1.29, 1.82) is 0 Å². The first kappa shape index (κ1) is 18.2. The predicted octanol–water partition coefficient (Wildman–Crippen LogP) is 3.46.